The third-order valence-electron chi connectivity index (χ3n) is 3.67. The van der Waals surface area contributed by atoms with Crippen LogP contribution >= 0.6 is 0 Å². The summed E-state index contributed by atoms with van der Waals surface area (Å²) in [6.07, 6.45) is 3.03. The summed E-state index contributed by atoms with van der Waals surface area (Å²) in [5, 5.41) is 0.748. The number of nitrogens with one attached hydrogen (secondary N) is 1. The molecule has 5 nitrogen and oxygen atoms in total. The molecule has 0 radical (unpaired) electrons. The van der Waals surface area contributed by atoms with Crippen molar-refractivity contribution in [3.05, 3.63) is 30.5 Å². The van der Waals surface area contributed by atoms with Crippen LogP contribution in [0.25, 0.3) is 10.9 Å². The highest BCUT2D eigenvalue weighted by atomic mass is 32.2. The lowest BCUT2D eigenvalue weighted by atomic mass is 10.1. The zero-order valence-electron chi connectivity index (χ0n) is 10.5. The zero-order chi connectivity index (χ0) is 13.5. The Morgan fingerprint density at radius 2 is 1.89 bits per heavy atom. The van der Waals surface area contributed by atoms with Crippen LogP contribution in [0.3, 0.4) is 0 Å². The monoisotopic (exact) mass is 279 g/mol. The molecule has 1 fully saturated rings. The number of hydrogen-bond donors (Lipinski definition) is 2. The first-order valence-electron chi connectivity index (χ1n) is 6.41. The van der Waals surface area contributed by atoms with Crippen molar-refractivity contribution in [2.24, 2.45) is 5.73 Å². The lowest BCUT2D eigenvalue weighted by Crippen LogP contribution is -2.42. The topological polar surface area (TPSA) is 79.2 Å². The Kier molecular flexibility index (Phi) is 3.08. The number of piperidine rings is 1. The number of aromatic amines is 1. The van der Waals surface area contributed by atoms with Crippen LogP contribution in [-0.4, -0.2) is 36.8 Å². The number of benzene rings is 1. The van der Waals surface area contributed by atoms with Crippen molar-refractivity contribution in [1.29, 1.82) is 0 Å². The third kappa shape index (κ3) is 2.16. The molecule has 1 aromatic heterocycles. The highest BCUT2D eigenvalue weighted by molar-refractivity contribution is 7.89. The van der Waals surface area contributed by atoms with Gasteiger partial charge in [-0.1, -0.05) is 18.2 Å². The normalized spacial score (nSPS) is 19.0. The van der Waals surface area contributed by atoms with Crippen molar-refractivity contribution < 1.29 is 8.42 Å². The number of hydrogen-bond acceptors (Lipinski definition) is 3. The maximum Gasteiger partial charge on any atom is 0.245 e. The van der Waals surface area contributed by atoms with Crippen molar-refractivity contribution in [1.82, 2.24) is 9.29 Å². The van der Waals surface area contributed by atoms with Crippen molar-refractivity contribution >= 4 is 20.9 Å². The van der Waals surface area contributed by atoms with Gasteiger partial charge in [0, 0.05) is 36.2 Å². The maximum atomic E-state index is 12.6. The molecule has 2 heterocycles. The van der Waals surface area contributed by atoms with Crippen LogP contribution in [0.1, 0.15) is 12.8 Å². The van der Waals surface area contributed by atoms with Gasteiger partial charge in [0.05, 0.1) is 0 Å². The molecule has 0 bridgehead atoms. The molecule has 1 saturated heterocycles. The molecule has 0 atom stereocenters. The Hall–Kier alpha value is -1.37. The summed E-state index contributed by atoms with van der Waals surface area (Å²) in [6.45, 7) is 1.01. The molecule has 1 aliphatic heterocycles. The Morgan fingerprint density at radius 3 is 2.63 bits per heavy atom. The van der Waals surface area contributed by atoms with Gasteiger partial charge >= 0.3 is 0 Å². The van der Waals surface area contributed by atoms with Gasteiger partial charge in [-0.25, -0.2) is 8.42 Å². The quantitative estimate of drug-likeness (QED) is 0.869. The van der Waals surface area contributed by atoms with Gasteiger partial charge in [0.15, 0.2) is 0 Å². The molecule has 0 amide bonds. The number of rotatable bonds is 2. The molecule has 0 saturated carbocycles. The van der Waals surface area contributed by atoms with Crippen molar-refractivity contribution in [3.8, 4) is 0 Å². The van der Waals surface area contributed by atoms with Gasteiger partial charge in [-0.3, -0.25) is 0 Å². The van der Waals surface area contributed by atoms with E-state index in [1.54, 1.807) is 6.20 Å². The molecular formula is C13H17N3O2S. The second kappa shape index (κ2) is 4.63. The van der Waals surface area contributed by atoms with Crippen molar-refractivity contribution in [2.45, 2.75) is 23.8 Å². The van der Waals surface area contributed by atoms with E-state index in [1.807, 2.05) is 24.3 Å². The van der Waals surface area contributed by atoms with Crippen molar-refractivity contribution in [3.63, 3.8) is 0 Å². The first-order valence-corrected chi connectivity index (χ1v) is 7.85. The summed E-state index contributed by atoms with van der Waals surface area (Å²) < 4.78 is 26.8. The zero-order valence-corrected chi connectivity index (χ0v) is 11.4. The molecule has 102 valence electrons. The van der Waals surface area contributed by atoms with E-state index in [9.17, 15) is 8.42 Å². The maximum absolute atomic E-state index is 12.6. The van der Waals surface area contributed by atoms with Gasteiger partial charge in [0.2, 0.25) is 10.0 Å². The van der Waals surface area contributed by atoms with Gasteiger partial charge in [0.1, 0.15) is 4.90 Å². The first kappa shape index (κ1) is 12.7. The fourth-order valence-corrected chi connectivity index (χ4v) is 4.15. The van der Waals surface area contributed by atoms with Crippen LogP contribution in [0, 0.1) is 0 Å². The van der Waals surface area contributed by atoms with Crippen LogP contribution in [-0.2, 0) is 10.0 Å². The van der Waals surface area contributed by atoms with E-state index in [-0.39, 0.29) is 6.04 Å². The third-order valence-corrected chi connectivity index (χ3v) is 5.61. The molecule has 0 aliphatic carbocycles. The molecule has 1 aliphatic rings. The predicted molar refractivity (Wildman–Crippen MR) is 74.3 cm³/mol. The molecule has 19 heavy (non-hydrogen) atoms. The molecule has 1 aromatic carbocycles. The summed E-state index contributed by atoms with van der Waals surface area (Å²) >= 11 is 0. The number of aromatic nitrogens is 1. The van der Waals surface area contributed by atoms with Gasteiger partial charge in [0.25, 0.3) is 0 Å². The van der Waals surface area contributed by atoms with Crippen LogP contribution < -0.4 is 5.73 Å². The lowest BCUT2D eigenvalue weighted by molar-refractivity contribution is 0.320. The van der Waals surface area contributed by atoms with Crippen molar-refractivity contribution in [2.75, 3.05) is 13.1 Å². The van der Waals surface area contributed by atoms with Gasteiger partial charge in [-0.2, -0.15) is 4.31 Å². The molecular weight excluding hydrogens is 262 g/mol. The smallest absolute Gasteiger partial charge is 0.245 e. The number of nitrogens with two attached hydrogens (primary N) is 1. The fourth-order valence-electron chi connectivity index (χ4n) is 2.51. The number of fused-ring (bicyclic) bond motifs is 1. The van der Waals surface area contributed by atoms with Gasteiger partial charge < -0.3 is 10.7 Å². The number of H-pyrrole nitrogens is 1. The average Bonchev–Trinajstić information content (AvgIpc) is 2.83. The highest BCUT2D eigenvalue weighted by Gasteiger charge is 2.29. The fraction of sp³-hybridized carbons (Fsp3) is 0.385. The van der Waals surface area contributed by atoms with E-state index >= 15 is 0 Å². The summed E-state index contributed by atoms with van der Waals surface area (Å²) in [7, 11) is -3.42. The summed E-state index contributed by atoms with van der Waals surface area (Å²) in [4.78, 5) is 3.37. The summed E-state index contributed by atoms with van der Waals surface area (Å²) in [6, 6.07) is 7.56. The second-order valence-electron chi connectivity index (χ2n) is 4.94. The minimum atomic E-state index is -3.42. The van der Waals surface area contributed by atoms with Crippen LogP contribution in [0.2, 0.25) is 0 Å². The minimum Gasteiger partial charge on any atom is -0.360 e. The minimum absolute atomic E-state index is 0.120. The predicted octanol–water partition coefficient (Wildman–Crippen LogP) is 1.28. The summed E-state index contributed by atoms with van der Waals surface area (Å²) in [5.74, 6) is 0. The molecule has 3 N–H and O–H groups in total. The van der Waals surface area contributed by atoms with E-state index in [0.29, 0.717) is 18.0 Å². The Balaban J connectivity index is 2.00. The van der Waals surface area contributed by atoms with E-state index in [4.69, 9.17) is 5.73 Å². The number of sulfonamides is 1. The van der Waals surface area contributed by atoms with Gasteiger partial charge in [-0.05, 0) is 18.9 Å². The van der Waals surface area contributed by atoms with E-state index in [1.165, 1.54) is 4.31 Å². The van der Waals surface area contributed by atoms with Crippen LogP contribution in [0.15, 0.2) is 35.4 Å². The lowest BCUT2D eigenvalue weighted by Gasteiger charge is -2.29. The second-order valence-corrected chi connectivity index (χ2v) is 6.85. The molecule has 3 rings (SSSR count). The van der Waals surface area contributed by atoms with E-state index < -0.39 is 10.0 Å². The SMILES string of the molecule is NC1CCN(S(=O)(=O)c2c[nH]c3ccccc23)CC1. The summed E-state index contributed by atoms with van der Waals surface area (Å²) in [5.41, 5.74) is 6.66. The first-order chi connectivity index (χ1) is 9.09. The van der Waals surface area contributed by atoms with Crippen LogP contribution in [0.5, 0.6) is 0 Å². The standard InChI is InChI=1S/C13H17N3O2S/c14-10-5-7-16(8-6-10)19(17,18)13-9-15-12-4-2-1-3-11(12)13/h1-4,9-10,15H,5-8,14H2. The molecule has 6 heteroatoms. The van der Waals surface area contributed by atoms with Gasteiger partial charge in [-0.15, -0.1) is 0 Å². The Labute approximate surface area is 112 Å². The highest BCUT2D eigenvalue weighted by Crippen LogP contribution is 2.27. The largest absolute Gasteiger partial charge is 0.360 e. The number of nitrogens with zero attached hydrogens (tertiary/aromatic N) is 1. The van der Waals surface area contributed by atoms with E-state index in [2.05, 4.69) is 4.98 Å². The van der Waals surface area contributed by atoms with E-state index in [0.717, 1.165) is 23.7 Å². The Bertz CT molecular complexity index is 685. The Morgan fingerprint density at radius 1 is 1.21 bits per heavy atom. The average molecular weight is 279 g/mol. The molecule has 2 aromatic rings. The molecule has 0 spiro atoms. The van der Waals surface area contributed by atoms with Crippen LogP contribution in [0.4, 0.5) is 0 Å². The number of para-hydroxylation sites is 1. The molecule has 0 unspecified atom stereocenters.